The van der Waals surface area contributed by atoms with Gasteiger partial charge in [0, 0.05) is 37.1 Å². The monoisotopic (exact) mass is 355 g/mol. The number of amides is 1. The zero-order valence-electron chi connectivity index (χ0n) is 14.3. The summed E-state index contributed by atoms with van der Waals surface area (Å²) in [4.78, 5) is 25.1. The van der Waals surface area contributed by atoms with Crippen molar-refractivity contribution in [3.63, 3.8) is 0 Å². The molecule has 0 radical (unpaired) electrons. The number of nitrogens with zero attached hydrogens (tertiary/aromatic N) is 3. The van der Waals surface area contributed by atoms with Gasteiger partial charge >= 0.3 is 5.97 Å². The Morgan fingerprint density at radius 1 is 1.27 bits per heavy atom. The average Bonchev–Trinajstić information content (AvgIpc) is 3.14. The fourth-order valence-electron chi connectivity index (χ4n) is 2.94. The van der Waals surface area contributed by atoms with E-state index >= 15 is 0 Å². The molecule has 1 amide bonds. The molecule has 2 heterocycles. The van der Waals surface area contributed by atoms with E-state index in [4.69, 9.17) is 9.84 Å². The van der Waals surface area contributed by atoms with Crippen LogP contribution in [-0.2, 0) is 14.3 Å². The Bertz CT molecular complexity index is 779. The molecule has 0 aliphatic carbocycles. The first kappa shape index (κ1) is 17.9. The van der Waals surface area contributed by atoms with Crippen molar-refractivity contribution in [2.24, 2.45) is 0 Å². The number of carbonyl (C=O) groups excluding carboxylic acids is 1. The molecular weight excluding hydrogens is 334 g/mol. The Kier molecular flexibility index (Phi) is 5.80. The van der Waals surface area contributed by atoms with Gasteiger partial charge in [0.05, 0.1) is 11.9 Å². The highest BCUT2D eigenvalue weighted by Gasteiger charge is 2.26. The SMILES string of the molecule is O=C(O)CN(C(=O)C=Cc1cnn(-c2ccccc2)c1)C1CCOCC1. The van der Waals surface area contributed by atoms with Crippen LogP contribution in [0.4, 0.5) is 0 Å². The van der Waals surface area contributed by atoms with Crippen LogP contribution in [0.15, 0.2) is 48.8 Å². The van der Waals surface area contributed by atoms with Crippen LogP contribution in [0, 0.1) is 0 Å². The summed E-state index contributed by atoms with van der Waals surface area (Å²) >= 11 is 0. The molecule has 0 bridgehead atoms. The third kappa shape index (κ3) is 4.58. The van der Waals surface area contributed by atoms with E-state index in [1.54, 1.807) is 17.0 Å². The summed E-state index contributed by atoms with van der Waals surface area (Å²) in [5, 5.41) is 13.4. The van der Waals surface area contributed by atoms with Crippen LogP contribution in [0.2, 0.25) is 0 Å². The van der Waals surface area contributed by atoms with Gasteiger partial charge in [-0.2, -0.15) is 5.10 Å². The third-order valence-corrected chi connectivity index (χ3v) is 4.26. The summed E-state index contributed by atoms with van der Waals surface area (Å²) in [5.74, 6) is -1.33. The van der Waals surface area contributed by atoms with Crippen LogP contribution in [-0.4, -0.2) is 57.5 Å². The van der Waals surface area contributed by atoms with Gasteiger partial charge in [0.1, 0.15) is 6.54 Å². The normalized spacial score (nSPS) is 15.2. The Labute approximate surface area is 151 Å². The molecule has 1 N–H and O–H groups in total. The molecule has 2 aromatic rings. The quantitative estimate of drug-likeness (QED) is 0.801. The molecule has 7 nitrogen and oxygen atoms in total. The molecule has 136 valence electrons. The van der Waals surface area contributed by atoms with Crippen molar-refractivity contribution in [3.8, 4) is 5.69 Å². The van der Waals surface area contributed by atoms with E-state index in [9.17, 15) is 9.59 Å². The second-order valence-corrected chi connectivity index (χ2v) is 6.09. The van der Waals surface area contributed by atoms with Crippen LogP contribution >= 0.6 is 0 Å². The van der Waals surface area contributed by atoms with E-state index in [2.05, 4.69) is 5.10 Å². The topological polar surface area (TPSA) is 84.7 Å². The minimum atomic E-state index is -1.02. The molecule has 1 aliphatic rings. The lowest BCUT2D eigenvalue weighted by atomic mass is 10.1. The molecule has 1 aromatic carbocycles. The van der Waals surface area contributed by atoms with E-state index in [1.807, 2.05) is 36.5 Å². The van der Waals surface area contributed by atoms with Crippen molar-refractivity contribution in [1.29, 1.82) is 0 Å². The van der Waals surface area contributed by atoms with Crippen molar-refractivity contribution < 1.29 is 19.4 Å². The molecule has 1 aromatic heterocycles. The number of para-hydroxylation sites is 1. The smallest absolute Gasteiger partial charge is 0.323 e. The van der Waals surface area contributed by atoms with E-state index in [1.165, 1.54) is 11.0 Å². The highest BCUT2D eigenvalue weighted by molar-refractivity contribution is 5.93. The van der Waals surface area contributed by atoms with E-state index in [-0.39, 0.29) is 18.5 Å². The molecule has 7 heteroatoms. The zero-order chi connectivity index (χ0) is 18.4. The number of aromatic nitrogens is 2. The summed E-state index contributed by atoms with van der Waals surface area (Å²) < 4.78 is 7.01. The maximum absolute atomic E-state index is 12.5. The highest BCUT2D eigenvalue weighted by atomic mass is 16.5. The van der Waals surface area contributed by atoms with Crippen LogP contribution in [0.3, 0.4) is 0 Å². The van der Waals surface area contributed by atoms with Gasteiger partial charge in [0.15, 0.2) is 0 Å². The van der Waals surface area contributed by atoms with E-state index < -0.39 is 5.97 Å². The maximum atomic E-state index is 12.5. The van der Waals surface area contributed by atoms with Gasteiger partial charge in [-0.15, -0.1) is 0 Å². The minimum absolute atomic E-state index is 0.107. The van der Waals surface area contributed by atoms with Gasteiger partial charge in [-0.05, 0) is 31.1 Å². The van der Waals surface area contributed by atoms with Gasteiger partial charge < -0.3 is 14.7 Å². The molecule has 0 unspecified atom stereocenters. The van der Waals surface area contributed by atoms with Crippen molar-refractivity contribution in [3.05, 3.63) is 54.4 Å². The first-order valence-electron chi connectivity index (χ1n) is 8.52. The van der Waals surface area contributed by atoms with Crippen LogP contribution in [0.1, 0.15) is 18.4 Å². The summed E-state index contributed by atoms with van der Waals surface area (Å²) in [5.41, 5.74) is 1.69. The first-order valence-corrected chi connectivity index (χ1v) is 8.52. The second kappa shape index (κ2) is 8.44. The average molecular weight is 355 g/mol. The summed E-state index contributed by atoms with van der Waals surface area (Å²) in [6.07, 6.45) is 7.84. The fraction of sp³-hybridized carbons (Fsp3) is 0.316. The van der Waals surface area contributed by atoms with Crippen molar-refractivity contribution in [1.82, 2.24) is 14.7 Å². The molecule has 0 saturated carbocycles. The van der Waals surface area contributed by atoms with Crippen LogP contribution in [0.25, 0.3) is 11.8 Å². The molecule has 3 rings (SSSR count). The predicted octanol–water partition coefficient (Wildman–Crippen LogP) is 1.98. The maximum Gasteiger partial charge on any atom is 0.323 e. The van der Waals surface area contributed by atoms with Crippen LogP contribution in [0.5, 0.6) is 0 Å². The standard InChI is InChI=1S/C19H21N3O4/c23-18(21(14-19(24)25)16-8-10-26-11-9-16)7-6-15-12-20-22(13-15)17-4-2-1-3-5-17/h1-7,12-13,16H,8-11,14H2,(H,24,25). The lowest BCUT2D eigenvalue weighted by molar-refractivity contribution is -0.145. The number of carbonyl (C=O) groups is 2. The number of benzene rings is 1. The Hall–Kier alpha value is -2.93. The van der Waals surface area contributed by atoms with Gasteiger partial charge in [0.2, 0.25) is 5.91 Å². The number of hydrogen-bond donors (Lipinski definition) is 1. The lowest BCUT2D eigenvalue weighted by Crippen LogP contribution is -2.45. The van der Waals surface area contributed by atoms with Gasteiger partial charge in [0.25, 0.3) is 0 Å². The predicted molar refractivity (Wildman–Crippen MR) is 95.8 cm³/mol. The molecule has 0 spiro atoms. The van der Waals surface area contributed by atoms with Gasteiger partial charge in [-0.1, -0.05) is 18.2 Å². The summed E-state index contributed by atoms with van der Waals surface area (Å²) in [7, 11) is 0. The number of aliphatic carboxylic acids is 1. The largest absolute Gasteiger partial charge is 0.480 e. The minimum Gasteiger partial charge on any atom is -0.480 e. The number of carboxylic acid groups (broad SMARTS) is 1. The number of carboxylic acids is 1. The fourth-order valence-corrected chi connectivity index (χ4v) is 2.94. The van der Waals surface area contributed by atoms with E-state index in [0.717, 1.165) is 11.3 Å². The highest BCUT2D eigenvalue weighted by Crippen LogP contribution is 2.16. The molecule has 26 heavy (non-hydrogen) atoms. The van der Waals surface area contributed by atoms with Crippen molar-refractivity contribution >= 4 is 18.0 Å². The third-order valence-electron chi connectivity index (χ3n) is 4.26. The molecule has 1 aliphatic heterocycles. The Balaban J connectivity index is 1.70. The molecule has 1 saturated heterocycles. The Morgan fingerprint density at radius 2 is 2.00 bits per heavy atom. The van der Waals surface area contributed by atoms with Crippen LogP contribution < -0.4 is 0 Å². The number of hydrogen-bond acceptors (Lipinski definition) is 4. The van der Waals surface area contributed by atoms with Gasteiger partial charge in [-0.3, -0.25) is 9.59 Å². The molecule has 1 fully saturated rings. The molecular formula is C19H21N3O4. The van der Waals surface area contributed by atoms with Gasteiger partial charge in [-0.25, -0.2) is 4.68 Å². The number of rotatable bonds is 6. The second-order valence-electron chi connectivity index (χ2n) is 6.09. The molecule has 0 atom stereocenters. The number of ether oxygens (including phenoxy) is 1. The van der Waals surface area contributed by atoms with Crippen molar-refractivity contribution in [2.45, 2.75) is 18.9 Å². The summed E-state index contributed by atoms with van der Waals surface area (Å²) in [6, 6.07) is 9.54. The van der Waals surface area contributed by atoms with E-state index in [0.29, 0.717) is 26.1 Å². The lowest BCUT2D eigenvalue weighted by Gasteiger charge is -2.32. The summed E-state index contributed by atoms with van der Waals surface area (Å²) in [6.45, 7) is 0.778. The Morgan fingerprint density at radius 3 is 2.69 bits per heavy atom. The van der Waals surface area contributed by atoms with Crippen molar-refractivity contribution in [2.75, 3.05) is 19.8 Å². The zero-order valence-corrected chi connectivity index (χ0v) is 14.3. The first-order chi connectivity index (χ1) is 12.6.